The predicted molar refractivity (Wildman–Crippen MR) is 96.1 cm³/mol. The van der Waals surface area contributed by atoms with Gasteiger partial charge in [0.1, 0.15) is 0 Å². The highest BCUT2D eigenvalue weighted by molar-refractivity contribution is 6.28. The SMILES string of the molecule is NC(N)=NCCC[C@@H](C(=O)CCl)N(Cc1ccc([N+](=O)[O-])cc1)C(=O)O. The molecule has 0 heterocycles. The molecule has 0 saturated carbocycles. The average molecular weight is 386 g/mol. The fraction of sp³-hybridized carbons (Fsp3) is 0.400. The normalized spacial score (nSPS) is 11.4. The summed E-state index contributed by atoms with van der Waals surface area (Å²) in [6.07, 6.45) is -0.717. The quantitative estimate of drug-likeness (QED) is 0.136. The molecular weight excluding hydrogens is 366 g/mol. The van der Waals surface area contributed by atoms with Crippen LogP contribution in [0.3, 0.4) is 0 Å². The van der Waals surface area contributed by atoms with Gasteiger partial charge in [0.05, 0.1) is 16.8 Å². The van der Waals surface area contributed by atoms with Gasteiger partial charge in [-0.15, -0.1) is 11.6 Å². The number of benzene rings is 1. The number of carbonyl (C=O) groups is 2. The van der Waals surface area contributed by atoms with E-state index in [1.807, 2.05) is 0 Å². The number of hydrogen-bond acceptors (Lipinski definition) is 5. The van der Waals surface area contributed by atoms with Crippen LogP contribution in [0, 0.1) is 10.1 Å². The van der Waals surface area contributed by atoms with Crippen LogP contribution in [-0.2, 0) is 11.3 Å². The minimum Gasteiger partial charge on any atom is -0.465 e. The molecule has 0 bridgehead atoms. The van der Waals surface area contributed by atoms with Gasteiger partial charge in [0, 0.05) is 25.2 Å². The summed E-state index contributed by atoms with van der Waals surface area (Å²) < 4.78 is 0. The fourth-order valence-corrected chi connectivity index (χ4v) is 2.48. The van der Waals surface area contributed by atoms with Gasteiger partial charge < -0.3 is 16.6 Å². The molecule has 0 aliphatic rings. The Hall–Kier alpha value is -2.88. The van der Waals surface area contributed by atoms with E-state index in [9.17, 15) is 24.8 Å². The second-order valence-corrected chi connectivity index (χ2v) is 5.67. The molecule has 0 radical (unpaired) electrons. The lowest BCUT2D eigenvalue weighted by Gasteiger charge is -2.28. The third kappa shape index (κ3) is 6.55. The fourth-order valence-electron chi connectivity index (χ4n) is 2.30. The molecule has 0 aliphatic carbocycles. The van der Waals surface area contributed by atoms with E-state index in [1.165, 1.54) is 24.3 Å². The number of nitrogens with two attached hydrogens (primary N) is 2. The number of nitro groups is 1. The first kappa shape index (κ1) is 21.2. The number of non-ortho nitro benzene ring substituents is 1. The van der Waals surface area contributed by atoms with Crippen LogP contribution in [0.1, 0.15) is 18.4 Å². The molecule has 1 amide bonds. The van der Waals surface area contributed by atoms with Crippen molar-refractivity contribution in [2.24, 2.45) is 16.5 Å². The van der Waals surface area contributed by atoms with Crippen LogP contribution in [0.4, 0.5) is 10.5 Å². The minimum absolute atomic E-state index is 0.0915. The van der Waals surface area contributed by atoms with Crippen molar-refractivity contribution >= 4 is 35.1 Å². The van der Waals surface area contributed by atoms with E-state index in [2.05, 4.69) is 4.99 Å². The molecule has 0 fully saturated rings. The summed E-state index contributed by atoms with van der Waals surface area (Å²) in [6.45, 7) is 0.141. The Morgan fingerprint density at radius 3 is 2.38 bits per heavy atom. The van der Waals surface area contributed by atoms with Gasteiger partial charge in [-0.3, -0.25) is 24.8 Å². The van der Waals surface area contributed by atoms with Gasteiger partial charge in [-0.2, -0.15) is 0 Å². The number of nitro benzene ring substituents is 1. The molecule has 142 valence electrons. The van der Waals surface area contributed by atoms with Gasteiger partial charge in [0.15, 0.2) is 11.7 Å². The Labute approximate surface area is 154 Å². The van der Waals surface area contributed by atoms with Crippen molar-refractivity contribution in [3.05, 3.63) is 39.9 Å². The third-order valence-corrected chi connectivity index (χ3v) is 3.82. The average Bonchev–Trinajstić information content (AvgIpc) is 2.59. The maximum atomic E-state index is 12.1. The number of guanidine groups is 1. The van der Waals surface area contributed by atoms with Crippen molar-refractivity contribution in [2.45, 2.75) is 25.4 Å². The van der Waals surface area contributed by atoms with E-state index < -0.39 is 22.8 Å². The lowest BCUT2D eigenvalue weighted by atomic mass is 10.0. The number of aliphatic imine (C=N–C) groups is 1. The number of nitrogens with zero attached hydrogens (tertiary/aromatic N) is 3. The predicted octanol–water partition coefficient (Wildman–Crippen LogP) is 1.30. The van der Waals surface area contributed by atoms with Crippen LogP contribution in [0.25, 0.3) is 0 Å². The number of halogens is 1. The number of Topliss-reactive ketones (excluding diaryl/α,β-unsaturated/α-hetero) is 1. The lowest BCUT2D eigenvalue weighted by Crippen LogP contribution is -2.44. The zero-order valence-corrected chi connectivity index (χ0v) is 14.6. The first-order chi connectivity index (χ1) is 12.3. The number of alkyl halides is 1. The van der Waals surface area contributed by atoms with E-state index in [0.29, 0.717) is 12.0 Å². The molecular formula is C15H20ClN5O5. The van der Waals surface area contributed by atoms with Crippen molar-refractivity contribution in [3.8, 4) is 0 Å². The van der Waals surface area contributed by atoms with E-state index in [4.69, 9.17) is 23.1 Å². The maximum Gasteiger partial charge on any atom is 0.408 e. The van der Waals surface area contributed by atoms with E-state index >= 15 is 0 Å². The summed E-state index contributed by atoms with van der Waals surface area (Å²) >= 11 is 5.61. The number of hydrogen-bond donors (Lipinski definition) is 3. The highest BCUT2D eigenvalue weighted by Crippen LogP contribution is 2.17. The van der Waals surface area contributed by atoms with Crippen LogP contribution in [0.15, 0.2) is 29.3 Å². The van der Waals surface area contributed by atoms with Crippen molar-refractivity contribution in [1.29, 1.82) is 0 Å². The standard InChI is InChI=1S/C15H20ClN5O5/c16-8-13(22)12(2-1-7-19-14(17)18)20(15(23)24)9-10-3-5-11(6-4-10)21(25)26/h3-6,12H,1-2,7-9H2,(H,23,24)(H4,17,18,19)/t12-/m0/s1. The van der Waals surface area contributed by atoms with E-state index in [0.717, 1.165) is 4.90 Å². The van der Waals surface area contributed by atoms with E-state index in [1.54, 1.807) is 0 Å². The number of carboxylic acid groups (broad SMARTS) is 1. The number of ketones is 1. The summed E-state index contributed by atoms with van der Waals surface area (Å²) in [7, 11) is 0. The molecule has 26 heavy (non-hydrogen) atoms. The van der Waals surface area contributed by atoms with Crippen LogP contribution in [0.5, 0.6) is 0 Å². The minimum atomic E-state index is -1.30. The van der Waals surface area contributed by atoms with Crippen molar-refractivity contribution in [2.75, 3.05) is 12.4 Å². The highest BCUT2D eigenvalue weighted by atomic mass is 35.5. The Morgan fingerprint density at radius 2 is 1.92 bits per heavy atom. The Bertz CT molecular complexity index is 676. The van der Waals surface area contributed by atoms with Crippen LogP contribution >= 0.6 is 11.6 Å². The van der Waals surface area contributed by atoms with Crippen LogP contribution < -0.4 is 11.5 Å². The first-order valence-corrected chi connectivity index (χ1v) is 8.16. The van der Waals surface area contributed by atoms with Crippen molar-refractivity contribution in [1.82, 2.24) is 4.90 Å². The second kappa shape index (κ2) is 10.2. The maximum absolute atomic E-state index is 12.1. The molecule has 0 aromatic heterocycles. The molecule has 1 atom stereocenters. The van der Waals surface area contributed by atoms with Gasteiger partial charge in [-0.1, -0.05) is 12.1 Å². The molecule has 0 spiro atoms. The van der Waals surface area contributed by atoms with Gasteiger partial charge in [0.25, 0.3) is 5.69 Å². The van der Waals surface area contributed by atoms with E-state index in [-0.39, 0.29) is 37.0 Å². The van der Waals surface area contributed by atoms with Crippen LogP contribution in [0.2, 0.25) is 0 Å². The molecule has 10 nitrogen and oxygen atoms in total. The molecule has 1 aromatic carbocycles. The van der Waals surface area contributed by atoms with Gasteiger partial charge in [-0.05, 0) is 18.4 Å². The summed E-state index contributed by atoms with van der Waals surface area (Å²) in [5, 5.41) is 20.2. The third-order valence-electron chi connectivity index (χ3n) is 3.56. The zero-order valence-electron chi connectivity index (χ0n) is 13.9. The topological polar surface area (TPSA) is 165 Å². The molecule has 0 saturated heterocycles. The number of carbonyl (C=O) groups excluding carboxylic acids is 1. The molecule has 11 heteroatoms. The Kier molecular flexibility index (Phi) is 8.29. The summed E-state index contributed by atoms with van der Waals surface area (Å²) in [5.41, 5.74) is 10.9. The zero-order chi connectivity index (χ0) is 19.7. The largest absolute Gasteiger partial charge is 0.465 e. The second-order valence-electron chi connectivity index (χ2n) is 5.40. The lowest BCUT2D eigenvalue weighted by molar-refractivity contribution is -0.384. The number of amides is 1. The van der Waals surface area contributed by atoms with Crippen molar-refractivity contribution < 1.29 is 19.6 Å². The summed E-state index contributed by atoms with van der Waals surface area (Å²) in [6, 6.07) is 4.46. The smallest absolute Gasteiger partial charge is 0.408 e. The van der Waals surface area contributed by atoms with Crippen LogP contribution in [-0.4, -0.2) is 51.2 Å². The molecule has 1 aromatic rings. The Morgan fingerprint density at radius 1 is 1.31 bits per heavy atom. The molecule has 0 unspecified atom stereocenters. The molecule has 0 aliphatic heterocycles. The molecule has 1 rings (SSSR count). The van der Waals surface area contributed by atoms with Gasteiger partial charge in [-0.25, -0.2) is 4.79 Å². The highest BCUT2D eigenvalue weighted by Gasteiger charge is 2.28. The Balaban J connectivity index is 2.92. The monoisotopic (exact) mass is 385 g/mol. The van der Waals surface area contributed by atoms with Gasteiger partial charge >= 0.3 is 6.09 Å². The number of rotatable bonds is 10. The molecule has 5 N–H and O–H groups in total. The summed E-state index contributed by atoms with van der Waals surface area (Å²) in [4.78, 5) is 38.6. The first-order valence-electron chi connectivity index (χ1n) is 7.63. The van der Waals surface area contributed by atoms with Crippen molar-refractivity contribution in [3.63, 3.8) is 0 Å². The summed E-state index contributed by atoms with van der Waals surface area (Å²) in [5.74, 6) is -0.872. The van der Waals surface area contributed by atoms with Gasteiger partial charge in [0.2, 0.25) is 0 Å².